The monoisotopic (exact) mass is 239 g/mol. The number of aryl methyl sites for hydroxylation is 1. The molecule has 0 saturated carbocycles. The number of nitrogens with two attached hydrogens (primary N) is 1. The molecule has 5 heteroatoms. The van der Waals surface area contributed by atoms with Crippen molar-refractivity contribution in [2.24, 2.45) is 7.05 Å². The van der Waals surface area contributed by atoms with E-state index in [2.05, 4.69) is 5.10 Å². The third-order valence-electron chi connectivity index (χ3n) is 1.90. The summed E-state index contributed by atoms with van der Waals surface area (Å²) in [6, 6.07) is 5.51. The number of nitrogens with zero attached hydrogens (tertiary/aromatic N) is 2. The van der Waals surface area contributed by atoms with E-state index in [0.717, 1.165) is 9.79 Å². The van der Waals surface area contributed by atoms with Gasteiger partial charge in [0.25, 0.3) is 0 Å². The normalized spacial score (nSPS) is 10.5. The molecular formula is C10H10ClN3S. The number of benzene rings is 1. The van der Waals surface area contributed by atoms with E-state index in [0.29, 0.717) is 10.7 Å². The quantitative estimate of drug-likeness (QED) is 0.820. The van der Waals surface area contributed by atoms with Crippen molar-refractivity contribution in [3.05, 3.63) is 35.6 Å². The first kappa shape index (κ1) is 10.4. The molecule has 15 heavy (non-hydrogen) atoms. The average Bonchev–Trinajstić information content (AvgIpc) is 2.58. The number of halogens is 1. The average molecular weight is 240 g/mol. The second-order valence-corrected chi connectivity index (χ2v) is 4.60. The Balaban J connectivity index is 2.31. The van der Waals surface area contributed by atoms with Gasteiger partial charge in [0.05, 0.1) is 21.0 Å². The second-order valence-electron chi connectivity index (χ2n) is 3.11. The van der Waals surface area contributed by atoms with Gasteiger partial charge in [-0.05, 0) is 12.1 Å². The van der Waals surface area contributed by atoms with Crippen LogP contribution in [0.3, 0.4) is 0 Å². The maximum atomic E-state index is 6.06. The van der Waals surface area contributed by atoms with Crippen LogP contribution >= 0.6 is 23.4 Å². The number of rotatable bonds is 2. The second kappa shape index (κ2) is 4.16. The van der Waals surface area contributed by atoms with Gasteiger partial charge in [0.15, 0.2) is 0 Å². The van der Waals surface area contributed by atoms with Gasteiger partial charge in [0, 0.05) is 18.9 Å². The number of hydrogen-bond donors (Lipinski definition) is 1. The van der Waals surface area contributed by atoms with Crippen LogP contribution in [-0.4, -0.2) is 9.78 Å². The van der Waals surface area contributed by atoms with Gasteiger partial charge >= 0.3 is 0 Å². The van der Waals surface area contributed by atoms with E-state index in [4.69, 9.17) is 17.3 Å². The van der Waals surface area contributed by atoms with Crippen LogP contribution in [0.2, 0.25) is 5.02 Å². The summed E-state index contributed by atoms with van der Waals surface area (Å²) in [5.41, 5.74) is 6.53. The Hall–Kier alpha value is -1.13. The van der Waals surface area contributed by atoms with Crippen molar-refractivity contribution in [1.82, 2.24) is 9.78 Å². The lowest BCUT2D eigenvalue weighted by molar-refractivity contribution is 0.766. The van der Waals surface area contributed by atoms with Crippen LogP contribution in [0.5, 0.6) is 0 Å². The van der Waals surface area contributed by atoms with Crippen molar-refractivity contribution in [2.45, 2.75) is 9.79 Å². The van der Waals surface area contributed by atoms with Gasteiger partial charge in [-0.2, -0.15) is 5.10 Å². The van der Waals surface area contributed by atoms with Crippen molar-refractivity contribution in [1.29, 1.82) is 0 Å². The van der Waals surface area contributed by atoms with Crippen molar-refractivity contribution in [3.63, 3.8) is 0 Å². The van der Waals surface area contributed by atoms with E-state index in [1.165, 1.54) is 11.8 Å². The molecule has 0 unspecified atom stereocenters. The highest BCUT2D eigenvalue weighted by Gasteiger charge is 2.07. The highest BCUT2D eigenvalue weighted by molar-refractivity contribution is 7.99. The summed E-state index contributed by atoms with van der Waals surface area (Å²) in [5.74, 6) is 0. The van der Waals surface area contributed by atoms with E-state index < -0.39 is 0 Å². The van der Waals surface area contributed by atoms with Gasteiger partial charge < -0.3 is 5.73 Å². The van der Waals surface area contributed by atoms with Crippen molar-refractivity contribution in [2.75, 3.05) is 5.73 Å². The maximum absolute atomic E-state index is 6.06. The highest BCUT2D eigenvalue weighted by atomic mass is 35.5. The molecule has 1 aromatic carbocycles. The molecular weight excluding hydrogens is 230 g/mol. The number of anilines is 1. The van der Waals surface area contributed by atoms with Gasteiger partial charge in [0.1, 0.15) is 0 Å². The van der Waals surface area contributed by atoms with E-state index >= 15 is 0 Å². The molecule has 0 aliphatic carbocycles. The fourth-order valence-electron chi connectivity index (χ4n) is 1.20. The lowest BCUT2D eigenvalue weighted by Gasteiger charge is -2.05. The number of aromatic nitrogens is 2. The SMILES string of the molecule is Cn1cc(Sc2c(N)cccc2Cl)cn1. The molecule has 0 fully saturated rings. The molecule has 78 valence electrons. The van der Waals surface area contributed by atoms with Crippen LogP contribution in [-0.2, 0) is 7.05 Å². The Morgan fingerprint density at radius 2 is 2.27 bits per heavy atom. The van der Waals surface area contributed by atoms with Crippen LogP contribution < -0.4 is 5.73 Å². The summed E-state index contributed by atoms with van der Waals surface area (Å²) in [6.07, 6.45) is 3.71. The van der Waals surface area contributed by atoms with Crippen LogP contribution in [0.4, 0.5) is 5.69 Å². The number of hydrogen-bond acceptors (Lipinski definition) is 3. The van der Waals surface area contributed by atoms with Gasteiger partial charge in [-0.15, -0.1) is 0 Å². The van der Waals surface area contributed by atoms with Crippen molar-refractivity contribution >= 4 is 29.1 Å². The first-order valence-electron chi connectivity index (χ1n) is 4.37. The summed E-state index contributed by atoms with van der Waals surface area (Å²) in [4.78, 5) is 1.91. The zero-order valence-corrected chi connectivity index (χ0v) is 9.72. The zero-order chi connectivity index (χ0) is 10.8. The van der Waals surface area contributed by atoms with Gasteiger partial charge in [-0.3, -0.25) is 4.68 Å². The molecule has 3 nitrogen and oxygen atoms in total. The molecule has 0 aliphatic rings. The third kappa shape index (κ3) is 2.27. The maximum Gasteiger partial charge on any atom is 0.0629 e. The third-order valence-corrected chi connectivity index (χ3v) is 3.43. The fourth-order valence-corrected chi connectivity index (χ4v) is 2.39. The van der Waals surface area contributed by atoms with Crippen LogP contribution in [0.15, 0.2) is 40.4 Å². The molecule has 0 atom stereocenters. The molecule has 2 N–H and O–H groups in total. The van der Waals surface area contributed by atoms with Crippen LogP contribution in [0.1, 0.15) is 0 Å². The van der Waals surface area contributed by atoms with Gasteiger partial charge in [-0.25, -0.2) is 0 Å². The van der Waals surface area contributed by atoms with Crippen LogP contribution in [0.25, 0.3) is 0 Å². The molecule has 2 rings (SSSR count). The van der Waals surface area contributed by atoms with Crippen molar-refractivity contribution < 1.29 is 0 Å². The first-order valence-corrected chi connectivity index (χ1v) is 5.57. The topological polar surface area (TPSA) is 43.8 Å². The lowest BCUT2D eigenvalue weighted by Crippen LogP contribution is -1.88. The Kier molecular flexibility index (Phi) is 2.88. The molecule has 1 aromatic heterocycles. The minimum Gasteiger partial charge on any atom is -0.398 e. The minimum atomic E-state index is 0.670. The van der Waals surface area contributed by atoms with Gasteiger partial charge in [0.2, 0.25) is 0 Å². The largest absolute Gasteiger partial charge is 0.398 e. The number of nitrogen functional groups attached to an aromatic ring is 1. The smallest absolute Gasteiger partial charge is 0.0629 e. The van der Waals surface area contributed by atoms with E-state index in [-0.39, 0.29) is 0 Å². The predicted molar refractivity (Wildman–Crippen MR) is 63.2 cm³/mol. The molecule has 0 aliphatic heterocycles. The zero-order valence-electron chi connectivity index (χ0n) is 8.14. The lowest BCUT2D eigenvalue weighted by atomic mass is 10.3. The molecule has 0 saturated heterocycles. The Bertz CT molecular complexity index is 461. The van der Waals surface area contributed by atoms with Crippen LogP contribution in [0, 0.1) is 0 Å². The minimum absolute atomic E-state index is 0.670. The Morgan fingerprint density at radius 3 is 2.87 bits per heavy atom. The first-order chi connectivity index (χ1) is 7.16. The van der Waals surface area contributed by atoms with E-state index in [1.807, 2.05) is 31.4 Å². The standard InChI is InChI=1S/C10H10ClN3S/c1-14-6-7(5-13-14)15-10-8(11)3-2-4-9(10)12/h2-6H,12H2,1H3. The molecule has 1 heterocycles. The summed E-state index contributed by atoms with van der Waals surface area (Å²) < 4.78 is 1.75. The predicted octanol–water partition coefficient (Wildman–Crippen LogP) is 2.81. The molecule has 2 aromatic rings. The van der Waals surface area contributed by atoms with Crippen molar-refractivity contribution in [3.8, 4) is 0 Å². The summed E-state index contributed by atoms with van der Waals surface area (Å²) in [6.45, 7) is 0. The summed E-state index contributed by atoms with van der Waals surface area (Å²) in [5, 5.41) is 4.75. The molecule has 0 bridgehead atoms. The Morgan fingerprint density at radius 1 is 1.47 bits per heavy atom. The van der Waals surface area contributed by atoms with Gasteiger partial charge in [-0.1, -0.05) is 29.4 Å². The Labute approximate surface area is 97.2 Å². The molecule has 0 radical (unpaired) electrons. The highest BCUT2D eigenvalue weighted by Crippen LogP contribution is 2.36. The van der Waals surface area contributed by atoms with E-state index in [1.54, 1.807) is 10.9 Å². The summed E-state index contributed by atoms with van der Waals surface area (Å²) >= 11 is 7.58. The molecule has 0 spiro atoms. The van der Waals surface area contributed by atoms with E-state index in [9.17, 15) is 0 Å². The summed E-state index contributed by atoms with van der Waals surface area (Å²) in [7, 11) is 1.88. The fraction of sp³-hybridized carbons (Fsp3) is 0.100. The molecule has 0 amide bonds.